The van der Waals surface area contributed by atoms with Gasteiger partial charge in [-0.2, -0.15) is 4.91 Å². The normalized spacial score (nSPS) is 14.9. The minimum atomic E-state index is -0.479. The van der Waals surface area contributed by atoms with E-state index in [0.717, 1.165) is 12.0 Å². The highest BCUT2D eigenvalue weighted by atomic mass is 32.1. The Morgan fingerprint density at radius 3 is 2.81 bits per heavy atom. The fourth-order valence-electron chi connectivity index (χ4n) is 3.48. The molecule has 158 valence electrons. The van der Waals surface area contributed by atoms with Gasteiger partial charge >= 0.3 is 0 Å². The van der Waals surface area contributed by atoms with Gasteiger partial charge in [0.05, 0.1) is 0 Å². The summed E-state index contributed by atoms with van der Waals surface area (Å²) in [6.45, 7) is 0.450. The minimum Gasteiger partial charge on any atom is -0.489 e. The molecule has 2 aromatic carbocycles. The predicted molar refractivity (Wildman–Crippen MR) is 121 cm³/mol. The number of carbonyl (C=O) groups excluding carboxylic acids is 1. The van der Waals surface area contributed by atoms with Crippen LogP contribution in [0.5, 0.6) is 5.75 Å². The molecule has 3 aromatic rings. The van der Waals surface area contributed by atoms with Crippen molar-refractivity contribution in [2.45, 2.75) is 31.9 Å². The first-order valence-electron chi connectivity index (χ1n) is 9.96. The summed E-state index contributed by atoms with van der Waals surface area (Å²) in [7, 11) is 0. The molecule has 0 saturated heterocycles. The number of amides is 1. The highest BCUT2D eigenvalue weighted by molar-refractivity contribution is 7.80. The maximum absolute atomic E-state index is 12.5. The molecule has 2 N–H and O–H groups in total. The Kier molecular flexibility index (Phi) is 6.37. The van der Waals surface area contributed by atoms with Gasteiger partial charge in [-0.15, -0.1) is 0 Å². The average molecular weight is 436 g/mol. The number of nitroso groups, excluding NO2 is 1. The van der Waals surface area contributed by atoms with Gasteiger partial charge in [-0.05, 0) is 48.8 Å². The van der Waals surface area contributed by atoms with Gasteiger partial charge in [-0.3, -0.25) is 10.1 Å². The number of aryl methyl sites for hydroxylation is 1. The molecule has 1 atom stereocenters. The molecular formula is C23H21N3O4S. The zero-order chi connectivity index (χ0) is 21.6. The molecular weight excluding hydrogens is 414 g/mol. The van der Waals surface area contributed by atoms with E-state index in [-0.39, 0.29) is 10.9 Å². The van der Waals surface area contributed by atoms with Gasteiger partial charge in [0.1, 0.15) is 24.2 Å². The molecule has 1 unspecified atom stereocenters. The molecule has 0 fully saturated rings. The molecule has 1 amide bonds. The highest BCUT2D eigenvalue weighted by Crippen LogP contribution is 2.34. The number of nitrogens with zero attached hydrogens (tertiary/aromatic N) is 1. The summed E-state index contributed by atoms with van der Waals surface area (Å²) in [6, 6.07) is 18.3. The zero-order valence-electron chi connectivity index (χ0n) is 16.7. The van der Waals surface area contributed by atoms with E-state index in [1.54, 1.807) is 12.1 Å². The minimum absolute atomic E-state index is 0.115. The van der Waals surface area contributed by atoms with Crippen molar-refractivity contribution in [3.05, 3.63) is 88.2 Å². The Balaban J connectivity index is 1.35. The first kappa shape index (κ1) is 20.7. The number of hydrogen-bond donors (Lipinski definition) is 2. The lowest BCUT2D eigenvalue weighted by Crippen LogP contribution is -2.33. The van der Waals surface area contributed by atoms with Crippen molar-refractivity contribution in [2.24, 2.45) is 5.18 Å². The van der Waals surface area contributed by atoms with Crippen molar-refractivity contribution in [1.82, 2.24) is 5.32 Å². The molecule has 1 heterocycles. The van der Waals surface area contributed by atoms with Crippen LogP contribution in [0.1, 0.15) is 46.3 Å². The smallest absolute Gasteiger partial charge is 0.293 e. The number of carbonyl (C=O) groups is 1. The van der Waals surface area contributed by atoms with Crippen LogP contribution in [0.4, 0.5) is 5.69 Å². The van der Waals surface area contributed by atoms with Crippen LogP contribution in [0.15, 0.2) is 70.3 Å². The van der Waals surface area contributed by atoms with Crippen molar-refractivity contribution < 1.29 is 13.9 Å². The second kappa shape index (κ2) is 9.53. The summed E-state index contributed by atoms with van der Waals surface area (Å²) in [4.78, 5) is 23.5. The number of nitrogens with one attached hydrogen (secondary N) is 2. The van der Waals surface area contributed by atoms with E-state index in [0.29, 0.717) is 42.2 Å². The second-order valence-corrected chi connectivity index (χ2v) is 7.62. The predicted octanol–water partition coefficient (Wildman–Crippen LogP) is 5.13. The van der Waals surface area contributed by atoms with Crippen LogP contribution < -0.4 is 15.4 Å². The van der Waals surface area contributed by atoms with Gasteiger partial charge < -0.3 is 14.5 Å². The van der Waals surface area contributed by atoms with Crippen LogP contribution in [0.2, 0.25) is 0 Å². The molecule has 7 nitrogen and oxygen atoms in total. The van der Waals surface area contributed by atoms with Crippen LogP contribution >= 0.6 is 12.2 Å². The van der Waals surface area contributed by atoms with Gasteiger partial charge in [-0.25, -0.2) is 0 Å². The number of rotatable bonds is 6. The standard InChI is InChI=1S/C23H21N3O4S/c27-22(21-13-18-19(26-28)10-5-11-20(18)30-21)25-23(31)24-16-8-4-9-17(12-16)29-14-15-6-2-1-3-7-15/h1-4,6-9,12-13,19H,5,10-11,14H2,(H2,24,25,27,31). The summed E-state index contributed by atoms with van der Waals surface area (Å²) in [6.07, 6.45) is 2.16. The van der Waals surface area contributed by atoms with Crippen LogP contribution in [0, 0.1) is 4.91 Å². The van der Waals surface area contributed by atoms with Gasteiger partial charge in [0.25, 0.3) is 5.91 Å². The third-order valence-corrected chi connectivity index (χ3v) is 5.20. The maximum atomic E-state index is 12.5. The number of ether oxygens (including phenoxy) is 1. The highest BCUT2D eigenvalue weighted by Gasteiger charge is 2.27. The summed E-state index contributed by atoms with van der Waals surface area (Å²) >= 11 is 5.26. The summed E-state index contributed by atoms with van der Waals surface area (Å²) < 4.78 is 11.4. The lowest BCUT2D eigenvalue weighted by atomic mass is 9.94. The van der Waals surface area contributed by atoms with Crippen molar-refractivity contribution in [3.63, 3.8) is 0 Å². The Hall–Kier alpha value is -3.52. The number of benzene rings is 2. The van der Waals surface area contributed by atoms with E-state index in [1.807, 2.05) is 48.5 Å². The van der Waals surface area contributed by atoms with Gasteiger partial charge in [0, 0.05) is 23.7 Å². The van der Waals surface area contributed by atoms with E-state index < -0.39 is 11.9 Å². The van der Waals surface area contributed by atoms with E-state index >= 15 is 0 Å². The molecule has 0 radical (unpaired) electrons. The van der Waals surface area contributed by atoms with Crippen molar-refractivity contribution in [1.29, 1.82) is 0 Å². The van der Waals surface area contributed by atoms with Crippen molar-refractivity contribution in [3.8, 4) is 5.75 Å². The Morgan fingerprint density at radius 1 is 1.16 bits per heavy atom. The molecule has 4 rings (SSSR count). The van der Waals surface area contributed by atoms with Crippen molar-refractivity contribution in [2.75, 3.05) is 5.32 Å². The molecule has 1 aliphatic carbocycles. The molecule has 1 aromatic heterocycles. The Bertz CT molecular complexity index is 1100. The molecule has 31 heavy (non-hydrogen) atoms. The number of fused-ring (bicyclic) bond motifs is 1. The number of hydrogen-bond acceptors (Lipinski definition) is 6. The Morgan fingerprint density at radius 2 is 2.00 bits per heavy atom. The molecule has 0 spiro atoms. The van der Waals surface area contributed by atoms with E-state index in [2.05, 4.69) is 15.8 Å². The number of thiocarbonyl (C=S) groups is 1. The molecule has 1 aliphatic rings. The van der Waals surface area contributed by atoms with Crippen LogP contribution in [-0.4, -0.2) is 11.0 Å². The molecule has 0 saturated carbocycles. The summed E-state index contributed by atoms with van der Waals surface area (Å²) in [5.74, 6) is 0.954. The van der Waals surface area contributed by atoms with Gasteiger partial charge in [-0.1, -0.05) is 41.6 Å². The fourth-order valence-corrected chi connectivity index (χ4v) is 3.70. The Labute approximate surface area is 184 Å². The van der Waals surface area contributed by atoms with Crippen LogP contribution in [0.3, 0.4) is 0 Å². The quantitative estimate of drug-likeness (QED) is 0.412. The molecule has 0 bridgehead atoms. The lowest BCUT2D eigenvalue weighted by Gasteiger charge is -2.13. The van der Waals surface area contributed by atoms with E-state index in [1.165, 1.54) is 0 Å². The lowest BCUT2D eigenvalue weighted by molar-refractivity contribution is 0.0948. The zero-order valence-corrected chi connectivity index (χ0v) is 17.5. The van der Waals surface area contributed by atoms with Crippen molar-refractivity contribution >= 4 is 28.9 Å². The van der Waals surface area contributed by atoms with Gasteiger partial charge in [0.15, 0.2) is 10.9 Å². The van der Waals surface area contributed by atoms with Crippen LogP contribution in [0.25, 0.3) is 0 Å². The SMILES string of the molecule is O=NC1CCCc2oc(C(=O)NC(=S)Nc3cccc(OCc4ccccc4)c3)cc21. The van der Waals surface area contributed by atoms with E-state index in [9.17, 15) is 9.70 Å². The first-order chi connectivity index (χ1) is 15.1. The van der Waals surface area contributed by atoms with E-state index in [4.69, 9.17) is 21.4 Å². The third-order valence-electron chi connectivity index (χ3n) is 5.00. The maximum Gasteiger partial charge on any atom is 0.293 e. The number of anilines is 1. The van der Waals surface area contributed by atoms with Crippen LogP contribution in [-0.2, 0) is 13.0 Å². The molecule has 8 heteroatoms. The largest absolute Gasteiger partial charge is 0.489 e. The third kappa shape index (κ3) is 5.16. The molecule has 0 aliphatic heterocycles. The summed E-state index contributed by atoms with van der Waals surface area (Å²) in [5, 5.41) is 8.83. The topological polar surface area (TPSA) is 92.9 Å². The second-order valence-electron chi connectivity index (χ2n) is 7.21. The fraction of sp³-hybridized carbons (Fsp3) is 0.217. The summed E-state index contributed by atoms with van der Waals surface area (Å²) in [5.41, 5.74) is 2.44. The van der Waals surface area contributed by atoms with Gasteiger partial charge in [0.2, 0.25) is 0 Å². The average Bonchev–Trinajstić information content (AvgIpc) is 3.23. The first-order valence-corrected chi connectivity index (χ1v) is 10.4. The monoisotopic (exact) mass is 435 g/mol. The number of furan rings is 1.